The second-order valence-corrected chi connectivity index (χ2v) is 6.07. The summed E-state index contributed by atoms with van der Waals surface area (Å²) in [6, 6.07) is 5.65. The molecule has 1 saturated heterocycles. The highest BCUT2D eigenvalue weighted by Gasteiger charge is 2.36. The molecule has 0 saturated carbocycles. The van der Waals surface area contributed by atoms with Crippen molar-refractivity contribution < 1.29 is 14.7 Å². The molecule has 3 N–H and O–H groups in total. The molecule has 0 aliphatic carbocycles. The first kappa shape index (κ1) is 15.0. The first-order chi connectivity index (χ1) is 10.6. The van der Waals surface area contributed by atoms with Crippen LogP contribution in [-0.2, 0) is 9.59 Å². The van der Waals surface area contributed by atoms with Gasteiger partial charge in [0.15, 0.2) is 5.82 Å². The number of anilines is 1. The number of aliphatic hydroxyl groups is 1. The Kier molecular flexibility index (Phi) is 4.12. The number of H-pyrrole nitrogens is 1. The Bertz CT molecular complexity index is 730. The summed E-state index contributed by atoms with van der Waals surface area (Å²) in [5.74, 6) is -0.209. The van der Waals surface area contributed by atoms with Gasteiger partial charge in [-0.15, -0.1) is 0 Å². The van der Waals surface area contributed by atoms with Crippen LogP contribution in [0.5, 0.6) is 0 Å². The smallest absolute Gasteiger partial charge is 0.229 e. The van der Waals surface area contributed by atoms with E-state index < -0.39 is 5.92 Å². The van der Waals surface area contributed by atoms with Gasteiger partial charge in [0.05, 0.1) is 18.0 Å². The lowest BCUT2D eigenvalue weighted by Gasteiger charge is -2.14. The van der Waals surface area contributed by atoms with Crippen molar-refractivity contribution in [2.75, 3.05) is 24.6 Å². The number of aliphatic hydroxyl groups excluding tert-OH is 1. The Morgan fingerprint density at radius 3 is 3.14 bits per heavy atom. The molecule has 7 nitrogen and oxygen atoms in total. The molecule has 0 spiro atoms. The molecular formula is C14H15BrN4O3. The minimum atomic E-state index is -0.416. The highest BCUT2D eigenvalue weighted by Crippen LogP contribution is 2.31. The van der Waals surface area contributed by atoms with E-state index in [9.17, 15) is 9.59 Å². The summed E-state index contributed by atoms with van der Waals surface area (Å²) in [5, 5.41) is 19.3. The van der Waals surface area contributed by atoms with Gasteiger partial charge >= 0.3 is 0 Å². The fourth-order valence-electron chi connectivity index (χ4n) is 2.59. The van der Waals surface area contributed by atoms with E-state index in [1.165, 1.54) is 4.90 Å². The van der Waals surface area contributed by atoms with Crippen LogP contribution >= 0.6 is 15.9 Å². The number of amides is 2. The van der Waals surface area contributed by atoms with Crippen molar-refractivity contribution in [2.45, 2.75) is 6.42 Å². The molecule has 0 unspecified atom stereocenters. The molecule has 22 heavy (non-hydrogen) atoms. The maximum atomic E-state index is 12.2. The number of benzene rings is 1. The van der Waals surface area contributed by atoms with Gasteiger partial charge < -0.3 is 10.4 Å². The fourth-order valence-corrected chi connectivity index (χ4v) is 2.96. The SMILES string of the molecule is O=C(NCCO)[C@@H]1CC(=O)N(c2n[nH]c3cc(Br)ccc23)C1. The van der Waals surface area contributed by atoms with Crippen LogP contribution in [0.1, 0.15) is 6.42 Å². The van der Waals surface area contributed by atoms with Gasteiger partial charge in [-0.3, -0.25) is 19.6 Å². The van der Waals surface area contributed by atoms with Gasteiger partial charge in [0, 0.05) is 29.4 Å². The third-order valence-corrected chi connectivity index (χ3v) is 4.16. The summed E-state index contributed by atoms with van der Waals surface area (Å²) >= 11 is 3.39. The molecule has 1 aromatic carbocycles. The molecule has 1 aromatic heterocycles. The van der Waals surface area contributed by atoms with E-state index in [0.29, 0.717) is 12.4 Å². The standard InChI is InChI=1S/C14H15BrN4O3/c15-9-1-2-10-11(6-9)17-18-13(10)19-7-8(5-12(19)21)14(22)16-3-4-20/h1-2,6,8,20H,3-5,7H2,(H,16,22)(H,17,18)/t8-/m1/s1. The summed E-state index contributed by atoms with van der Waals surface area (Å²) < 4.78 is 0.921. The molecule has 8 heteroatoms. The van der Waals surface area contributed by atoms with E-state index in [4.69, 9.17) is 5.11 Å². The normalized spacial score (nSPS) is 18.2. The lowest BCUT2D eigenvalue weighted by atomic mass is 10.1. The van der Waals surface area contributed by atoms with E-state index in [-0.39, 0.29) is 31.4 Å². The summed E-state index contributed by atoms with van der Waals surface area (Å²) in [7, 11) is 0. The van der Waals surface area contributed by atoms with Gasteiger partial charge in [0.25, 0.3) is 0 Å². The van der Waals surface area contributed by atoms with Crippen LogP contribution in [-0.4, -0.2) is 46.8 Å². The zero-order chi connectivity index (χ0) is 15.7. The average Bonchev–Trinajstić information content (AvgIpc) is 3.07. The molecule has 1 fully saturated rings. The molecule has 1 atom stereocenters. The van der Waals surface area contributed by atoms with Gasteiger partial charge in [-0.25, -0.2) is 0 Å². The van der Waals surface area contributed by atoms with Crippen LogP contribution in [0.4, 0.5) is 5.82 Å². The summed E-state index contributed by atoms with van der Waals surface area (Å²) in [6.07, 6.45) is 0.155. The summed E-state index contributed by atoms with van der Waals surface area (Å²) in [4.78, 5) is 25.7. The van der Waals surface area contributed by atoms with Crippen molar-refractivity contribution in [3.63, 3.8) is 0 Å². The zero-order valence-corrected chi connectivity index (χ0v) is 13.3. The minimum absolute atomic E-state index is 0.116. The van der Waals surface area contributed by atoms with Crippen molar-refractivity contribution in [2.24, 2.45) is 5.92 Å². The van der Waals surface area contributed by atoms with Crippen LogP contribution in [0.3, 0.4) is 0 Å². The topological polar surface area (TPSA) is 98.3 Å². The molecule has 2 aromatic rings. The van der Waals surface area contributed by atoms with E-state index in [2.05, 4.69) is 31.4 Å². The van der Waals surface area contributed by atoms with Crippen molar-refractivity contribution >= 4 is 44.5 Å². The first-order valence-corrected chi connectivity index (χ1v) is 7.72. The fraction of sp³-hybridized carbons (Fsp3) is 0.357. The van der Waals surface area contributed by atoms with Gasteiger partial charge in [-0.2, -0.15) is 5.10 Å². The van der Waals surface area contributed by atoms with Crippen molar-refractivity contribution in [1.82, 2.24) is 15.5 Å². The summed E-state index contributed by atoms with van der Waals surface area (Å²) in [6.45, 7) is 0.379. The molecule has 2 amide bonds. The van der Waals surface area contributed by atoms with Crippen LogP contribution in [0.15, 0.2) is 22.7 Å². The number of nitrogens with one attached hydrogen (secondary N) is 2. The zero-order valence-electron chi connectivity index (χ0n) is 11.7. The van der Waals surface area contributed by atoms with Crippen LogP contribution in [0.2, 0.25) is 0 Å². The van der Waals surface area contributed by atoms with Gasteiger partial charge in [0.1, 0.15) is 0 Å². The third-order valence-electron chi connectivity index (χ3n) is 3.67. The number of carbonyl (C=O) groups is 2. The molecule has 1 aliphatic rings. The van der Waals surface area contributed by atoms with Crippen LogP contribution in [0.25, 0.3) is 10.9 Å². The Morgan fingerprint density at radius 1 is 1.55 bits per heavy atom. The lowest BCUT2D eigenvalue weighted by Crippen LogP contribution is -2.34. The second-order valence-electron chi connectivity index (χ2n) is 5.16. The number of aromatic amines is 1. The molecule has 0 bridgehead atoms. The molecule has 3 rings (SSSR count). The Morgan fingerprint density at radius 2 is 2.36 bits per heavy atom. The highest BCUT2D eigenvalue weighted by molar-refractivity contribution is 9.10. The Hall–Kier alpha value is -1.93. The first-order valence-electron chi connectivity index (χ1n) is 6.92. The number of fused-ring (bicyclic) bond motifs is 1. The highest BCUT2D eigenvalue weighted by atomic mass is 79.9. The number of aromatic nitrogens is 2. The number of hydrogen-bond donors (Lipinski definition) is 3. The number of nitrogens with zero attached hydrogens (tertiary/aromatic N) is 2. The van der Waals surface area contributed by atoms with Crippen molar-refractivity contribution in [3.8, 4) is 0 Å². The lowest BCUT2D eigenvalue weighted by molar-refractivity contribution is -0.126. The van der Waals surface area contributed by atoms with Crippen LogP contribution < -0.4 is 10.2 Å². The van der Waals surface area contributed by atoms with Crippen molar-refractivity contribution in [1.29, 1.82) is 0 Å². The molecule has 1 aliphatic heterocycles. The van der Waals surface area contributed by atoms with E-state index in [1.54, 1.807) is 0 Å². The largest absolute Gasteiger partial charge is 0.395 e. The maximum Gasteiger partial charge on any atom is 0.229 e. The number of hydrogen-bond acceptors (Lipinski definition) is 4. The van der Waals surface area contributed by atoms with E-state index in [0.717, 1.165) is 15.4 Å². The quantitative estimate of drug-likeness (QED) is 0.744. The Labute approximate surface area is 134 Å². The summed E-state index contributed by atoms with van der Waals surface area (Å²) in [5.41, 5.74) is 0.824. The predicted molar refractivity (Wildman–Crippen MR) is 84.3 cm³/mol. The van der Waals surface area contributed by atoms with Gasteiger partial charge in [0.2, 0.25) is 11.8 Å². The van der Waals surface area contributed by atoms with E-state index in [1.807, 2.05) is 18.2 Å². The molecule has 2 heterocycles. The number of halogens is 1. The predicted octanol–water partition coefficient (Wildman–Crippen LogP) is 0.787. The Balaban J connectivity index is 1.82. The minimum Gasteiger partial charge on any atom is -0.395 e. The monoisotopic (exact) mass is 366 g/mol. The molecule has 116 valence electrons. The molecule has 0 radical (unpaired) electrons. The average molecular weight is 367 g/mol. The van der Waals surface area contributed by atoms with Gasteiger partial charge in [-0.1, -0.05) is 15.9 Å². The van der Waals surface area contributed by atoms with E-state index >= 15 is 0 Å². The maximum absolute atomic E-state index is 12.2. The van der Waals surface area contributed by atoms with Gasteiger partial charge in [-0.05, 0) is 18.2 Å². The third kappa shape index (κ3) is 2.71. The molecular weight excluding hydrogens is 352 g/mol. The van der Waals surface area contributed by atoms with Crippen molar-refractivity contribution in [3.05, 3.63) is 22.7 Å². The van der Waals surface area contributed by atoms with Crippen LogP contribution in [0, 0.1) is 5.92 Å². The number of rotatable bonds is 4. The number of carbonyl (C=O) groups excluding carboxylic acids is 2. The second kappa shape index (κ2) is 6.05.